The molecule has 3 nitrogen and oxygen atoms in total. The minimum Gasteiger partial charge on any atom is -0.381 e. The number of amidine groups is 1. The standard InChI is InChI=1S/C7H14N2O/c1-5-4-9-7(8)3-6(5)10-2/h5-6H,3-4H2,1-2H3,(H2,8,9). The van der Waals surface area contributed by atoms with Crippen molar-refractivity contribution in [2.45, 2.75) is 19.4 Å². The van der Waals surface area contributed by atoms with Gasteiger partial charge in [-0.15, -0.1) is 0 Å². The van der Waals surface area contributed by atoms with Crippen LogP contribution in [0.2, 0.25) is 0 Å². The average molecular weight is 142 g/mol. The topological polar surface area (TPSA) is 45.1 Å². The lowest BCUT2D eigenvalue weighted by atomic mass is 9.97. The van der Waals surface area contributed by atoms with E-state index in [1.54, 1.807) is 7.11 Å². The zero-order chi connectivity index (χ0) is 7.56. The maximum atomic E-state index is 7.32. The van der Waals surface area contributed by atoms with Crippen LogP contribution in [0.15, 0.2) is 0 Å². The zero-order valence-electron chi connectivity index (χ0n) is 6.48. The molecule has 1 fully saturated rings. The lowest BCUT2D eigenvalue weighted by Crippen LogP contribution is -2.42. The van der Waals surface area contributed by atoms with Gasteiger partial charge in [0, 0.05) is 26.0 Å². The van der Waals surface area contributed by atoms with Crippen molar-refractivity contribution in [3.05, 3.63) is 0 Å². The smallest absolute Gasteiger partial charge is 0.0957 e. The molecular formula is C7H14N2O. The van der Waals surface area contributed by atoms with Gasteiger partial charge >= 0.3 is 0 Å². The molecule has 1 aliphatic heterocycles. The Labute approximate surface area is 61.3 Å². The molecule has 0 aromatic rings. The van der Waals surface area contributed by atoms with Crippen molar-refractivity contribution < 1.29 is 4.74 Å². The molecule has 0 bridgehead atoms. The maximum Gasteiger partial charge on any atom is 0.0957 e. The molecule has 2 N–H and O–H groups in total. The van der Waals surface area contributed by atoms with E-state index in [1.807, 2.05) is 0 Å². The van der Waals surface area contributed by atoms with Crippen LogP contribution in [0.25, 0.3) is 0 Å². The Morgan fingerprint density at radius 3 is 2.90 bits per heavy atom. The van der Waals surface area contributed by atoms with E-state index in [0.717, 1.165) is 13.0 Å². The first-order valence-corrected chi connectivity index (χ1v) is 3.58. The average Bonchev–Trinajstić information content (AvgIpc) is 1.94. The summed E-state index contributed by atoms with van der Waals surface area (Å²) in [5.41, 5.74) is 0. The predicted octanol–water partition coefficient (Wildman–Crippen LogP) is 0.608. The van der Waals surface area contributed by atoms with Gasteiger partial charge in [0.05, 0.1) is 11.9 Å². The van der Waals surface area contributed by atoms with Gasteiger partial charge in [-0.3, -0.25) is 5.41 Å². The van der Waals surface area contributed by atoms with Crippen LogP contribution < -0.4 is 5.32 Å². The second kappa shape index (κ2) is 3.01. The van der Waals surface area contributed by atoms with Crippen molar-refractivity contribution in [1.29, 1.82) is 5.41 Å². The zero-order valence-corrected chi connectivity index (χ0v) is 6.48. The van der Waals surface area contributed by atoms with E-state index in [9.17, 15) is 0 Å². The van der Waals surface area contributed by atoms with E-state index >= 15 is 0 Å². The number of nitrogens with one attached hydrogen (secondary N) is 2. The highest BCUT2D eigenvalue weighted by Gasteiger charge is 2.22. The Morgan fingerprint density at radius 1 is 1.70 bits per heavy atom. The van der Waals surface area contributed by atoms with Gasteiger partial charge in [0.25, 0.3) is 0 Å². The van der Waals surface area contributed by atoms with Crippen molar-refractivity contribution in [3.8, 4) is 0 Å². The van der Waals surface area contributed by atoms with E-state index in [1.165, 1.54) is 0 Å². The van der Waals surface area contributed by atoms with Crippen molar-refractivity contribution in [2.75, 3.05) is 13.7 Å². The number of rotatable bonds is 1. The first kappa shape index (κ1) is 7.54. The highest BCUT2D eigenvalue weighted by atomic mass is 16.5. The lowest BCUT2D eigenvalue weighted by molar-refractivity contribution is 0.0582. The molecule has 1 saturated heterocycles. The molecular weight excluding hydrogens is 128 g/mol. The molecule has 1 rings (SSSR count). The monoisotopic (exact) mass is 142 g/mol. The molecule has 1 aliphatic rings. The van der Waals surface area contributed by atoms with Crippen LogP contribution in [0.4, 0.5) is 0 Å². The fourth-order valence-corrected chi connectivity index (χ4v) is 1.21. The van der Waals surface area contributed by atoms with Crippen LogP contribution in [0.3, 0.4) is 0 Å². The van der Waals surface area contributed by atoms with Gasteiger partial charge in [-0.2, -0.15) is 0 Å². The summed E-state index contributed by atoms with van der Waals surface area (Å²) >= 11 is 0. The Bertz CT molecular complexity index is 136. The third-order valence-electron chi connectivity index (χ3n) is 1.98. The van der Waals surface area contributed by atoms with Crippen LogP contribution in [-0.4, -0.2) is 25.6 Å². The summed E-state index contributed by atoms with van der Waals surface area (Å²) < 4.78 is 5.19. The number of hydrogen-bond acceptors (Lipinski definition) is 2. The van der Waals surface area contributed by atoms with Gasteiger partial charge in [0.2, 0.25) is 0 Å². The molecule has 0 aromatic carbocycles. The summed E-state index contributed by atoms with van der Waals surface area (Å²) in [6.07, 6.45) is 0.978. The molecule has 3 heteroatoms. The number of piperidine rings is 1. The van der Waals surface area contributed by atoms with E-state index < -0.39 is 0 Å². The largest absolute Gasteiger partial charge is 0.381 e. The van der Waals surface area contributed by atoms with Crippen LogP contribution >= 0.6 is 0 Å². The molecule has 2 atom stereocenters. The van der Waals surface area contributed by atoms with Crippen molar-refractivity contribution >= 4 is 5.84 Å². The first-order chi connectivity index (χ1) is 4.74. The van der Waals surface area contributed by atoms with E-state index in [2.05, 4.69) is 12.2 Å². The quantitative estimate of drug-likeness (QED) is 0.563. The summed E-state index contributed by atoms with van der Waals surface area (Å²) in [5, 5.41) is 10.3. The molecule has 0 aliphatic carbocycles. The fraction of sp³-hybridized carbons (Fsp3) is 0.857. The van der Waals surface area contributed by atoms with E-state index in [-0.39, 0.29) is 6.10 Å². The molecule has 10 heavy (non-hydrogen) atoms. The second-order valence-corrected chi connectivity index (χ2v) is 2.82. The first-order valence-electron chi connectivity index (χ1n) is 3.58. The molecule has 0 spiro atoms. The maximum absolute atomic E-state index is 7.32. The Hall–Kier alpha value is -0.570. The van der Waals surface area contributed by atoms with E-state index in [0.29, 0.717) is 11.8 Å². The minimum absolute atomic E-state index is 0.244. The van der Waals surface area contributed by atoms with Gasteiger partial charge < -0.3 is 10.1 Å². The Balaban J connectivity index is 2.45. The highest BCUT2D eigenvalue weighted by molar-refractivity contribution is 5.80. The van der Waals surface area contributed by atoms with E-state index in [4.69, 9.17) is 10.1 Å². The summed E-state index contributed by atoms with van der Waals surface area (Å²) in [4.78, 5) is 0. The summed E-state index contributed by atoms with van der Waals surface area (Å²) in [7, 11) is 1.71. The minimum atomic E-state index is 0.244. The molecule has 0 aromatic heterocycles. The molecule has 0 saturated carbocycles. The number of hydrogen-bond donors (Lipinski definition) is 2. The van der Waals surface area contributed by atoms with Crippen molar-refractivity contribution in [1.82, 2.24) is 5.32 Å². The number of methoxy groups -OCH3 is 1. The summed E-state index contributed by atoms with van der Waals surface area (Å²) in [6, 6.07) is 0. The Morgan fingerprint density at radius 2 is 2.40 bits per heavy atom. The van der Waals surface area contributed by atoms with Crippen LogP contribution in [-0.2, 0) is 4.74 Å². The SMILES string of the molecule is COC1CC(=N)NCC1C. The van der Waals surface area contributed by atoms with Crippen LogP contribution in [0.5, 0.6) is 0 Å². The van der Waals surface area contributed by atoms with Gasteiger partial charge in [0.1, 0.15) is 0 Å². The number of ether oxygens (including phenoxy) is 1. The third-order valence-corrected chi connectivity index (χ3v) is 1.98. The lowest BCUT2D eigenvalue weighted by Gasteiger charge is -2.28. The molecule has 2 unspecified atom stereocenters. The van der Waals surface area contributed by atoms with Crippen LogP contribution in [0.1, 0.15) is 13.3 Å². The van der Waals surface area contributed by atoms with Gasteiger partial charge in [-0.25, -0.2) is 0 Å². The van der Waals surface area contributed by atoms with Crippen LogP contribution in [0, 0.1) is 11.3 Å². The highest BCUT2D eigenvalue weighted by Crippen LogP contribution is 2.13. The third kappa shape index (κ3) is 1.48. The molecule has 0 radical (unpaired) electrons. The Kier molecular flexibility index (Phi) is 2.27. The van der Waals surface area contributed by atoms with Gasteiger partial charge in [-0.05, 0) is 0 Å². The van der Waals surface area contributed by atoms with Crippen molar-refractivity contribution in [3.63, 3.8) is 0 Å². The predicted molar refractivity (Wildman–Crippen MR) is 40.3 cm³/mol. The molecule has 1 heterocycles. The van der Waals surface area contributed by atoms with Gasteiger partial charge in [-0.1, -0.05) is 6.92 Å². The second-order valence-electron chi connectivity index (χ2n) is 2.82. The molecule has 58 valence electrons. The van der Waals surface area contributed by atoms with Gasteiger partial charge in [0.15, 0.2) is 0 Å². The van der Waals surface area contributed by atoms with Crippen molar-refractivity contribution in [2.24, 2.45) is 5.92 Å². The summed E-state index contributed by atoms with van der Waals surface area (Å²) in [5.74, 6) is 1.13. The fourth-order valence-electron chi connectivity index (χ4n) is 1.21. The summed E-state index contributed by atoms with van der Waals surface area (Å²) in [6.45, 7) is 3.00. The normalized spacial score (nSPS) is 33.6. The molecule has 0 amide bonds.